The number of amides is 1. The molecular weight excluding hydrogens is 452 g/mol. The molecule has 6 aliphatic rings. The van der Waals surface area contributed by atoms with E-state index in [4.69, 9.17) is 10.5 Å². The van der Waals surface area contributed by atoms with Crippen molar-refractivity contribution in [1.82, 2.24) is 4.90 Å². The number of aromatic hydroxyl groups is 1. The molecule has 5 aliphatic carbocycles. The van der Waals surface area contributed by atoms with Gasteiger partial charge in [-0.15, -0.1) is 0 Å². The highest BCUT2D eigenvalue weighted by Crippen LogP contribution is 2.75. The first-order chi connectivity index (χ1) is 16.8. The minimum Gasteiger partial charge on any atom is -0.507 e. The molecule has 1 aromatic carbocycles. The van der Waals surface area contributed by atoms with Crippen LogP contribution in [-0.4, -0.2) is 58.5 Å². The normalized spacial score (nSPS) is 39.3. The van der Waals surface area contributed by atoms with Crippen molar-refractivity contribution in [1.29, 1.82) is 0 Å². The van der Waals surface area contributed by atoms with Crippen LogP contribution in [0.15, 0.2) is 12.1 Å². The van der Waals surface area contributed by atoms with Crippen molar-refractivity contribution in [3.63, 3.8) is 0 Å². The number of carbonyl (C=O) groups is 1. The van der Waals surface area contributed by atoms with Crippen LogP contribution >= 0.6 is 0 Å². The first-order valence-electron chi connectivity index (χ1n) is 14.0. The molecule has 6 atom stereocenters. The molecule has 1 aliphatic heterocycles. The molecule has 4 bridgehead atoms. The van der Waals surface area contributed by atoms with Gasteiger partial charge in [0.05, 0.1) is 16.8 Å². The van der Waals surface area contributed by atoms with Crippen molar-refractivity contribution in [2.75, 3.05) is 20.2 Å². The van der Waals surface area contributed by atoms with Crippen LogP contribution < -0.4 is 5.73 Å². The van der Waals surface area contributed by atoms with Crippen molar-refractivity contribution in [3.8, 4) is 5.75 Å². The van der Waals surface area contributed by atoms with Crippen LogP contribution in [-0.2, 0) is 16.6 Å². The molecule has 36 heavy (non-hydrogen) atoms. The fraction of sp³-hybridized carbons (Fsp3) is 0.767. The highest BCUT2D eigenvalue weighted by Gasteiger charge is 2.75. The standard InChI is InChI=1S/C30H44N2O4/c1-26(2,3)27(4,35)21-15-28-10-11-30(21,36-5)17-29(28)12-13-32(16-18-6-7-18)22(28)14-19-8-9-20(25(31)34)24(33)23(19)29/h8-9,18,21-22,33,35H,6-7,10-17H2,1-5H3,(H2,31,34)/t21-,22-,27?,28-,29-,30+/m0/s1. The second-order valence-corrected chi connectivity index (χ2v) is 14.1. The summed E-state index contributed by atoms with van der Waals surface area (Å²) in [5.74, 6) is 0.305. The van der Waals surface area contributed by atoms with Gasteiger partial charge in [-0.25, -0.2) is 0 Å². The second-order valence-electron chi connectivity index (χ2n) is 14.1. The van der Waals surface area contributed by atoms with Gasteiger partial charge in [-0.05, 0) is 93.2 Å². The number of ether oxygens (including phenoxy) is 1. The zero-order chi connectivity index (χ0) is 25.9. The van der Waals surface area contributed by atoms with Gasteiger partial charge in [0.15, 0.2) is 0 Å². The Labute approximate surface area is 215 Å². The molecule has 1 aromatic rings. The third-order valence-electron chi connectivity index (χ3n) is 11.9. The number of nitrogens with zero attached hydrogens (tertiary/aromatic N) is 1. The average Bonchev–Trinajstić information content (AvgIpc) is 3.63. The molecule has 5 fully saturated rings. The summed E-state index contributed by atoms with van der Waals surface area (Å²) in [7, 11) is 1.81. The maximum Gasteiger partial charge on any atom is 0.252 e. The Kier molecular flexibility index (Phi) is 5.13. The minimum atomic E-state index is -0.912. The van der Waals surface area contributed by atoms with Crippen molar-refractivity contribution in [2.45, 2.75) is 102 Å². The van der Waals surface area contributed by atoms with Crippen LogP contribution in [0.25, 0.3) is 0 Å². The number of phenols is 1. The Morgan fingerprint density at radius 2 is 1.92 bits per heavy atom. The quantitative estimate of drug-likeness (QED) is 0.569. The Hall–Kier alpha value is -1.63. The van der Waals surface area contributed by atoms with E-state index in [1.165, 1.54) is 12.8 Å². The number of aliphatic hydroxyl groups is 1. The molecule has 1 spiro atoms. The molecule has 7 rings (SSSR count). The summed E-state index contributed by atoms with van der Waals surface area (Å²) in [6.07, 6.45) is 8.05. The van der Waals surface area contributed by atoms with Gasteiger partial charge in [0.1, 0.15) is 5.75 Å². The Morgan fingerprint density at radius 1 is 1.19 bits per heavy atom. The van der Waals surface area contributed by atoms with Crippen LogP contribution in [0.5, 0.6) is 5.75 Å². The molecule has 4 saturated carbocycles. The van der Waals surface area contributed by atoms with Gasteiger partial charge in [0.25, 0.3) is 5.91 Å². The van der Waals surface area contributed by atoms with Crippen molar-refractivity contribution in [2.24, 2.45) is 28.4 Å². The molecule has 6 nitrogen and oxygen atoms in total. The number of methoxy groups -OCH3 is 1. The summed E-state index contributed by atoms with van der Waals surface area (Å²) in [6.45, 7) is 10.6. The number of hydrogen-bond acceptors (Lipinski definition) is 5. The monoisotopic (exact) mass is 496 g/mol. The average molecular weight is 497 g/mol. The first-order valence-corrected chi connectivity index (χ1v) is 14.0. The van der Waals surface area contributed by atoms with E-state index in [1.54, 1.807) is 6.07 Å². The maximum absolute atomic E-state index is 12.3. The lowest BCUT2D eigenvalue weighted by Crippen LogP contribution is -2.78. The van der Waals surface area contributed by atoms with E-state index >= 15 is 0 Å². The molecular formula is C30H44N2O4. The van der Waals surface area contributed by atoms with Gasteiger partial charge in [0, 0.05) is 36.6 Å². The van der Waals surface area contributed by atoms with E-state index in [1.807, 2.05) is 20.1 Å². The number of benzene rings is 1. The predicted octanol–water partition coefficient (Wildman–Crippen LogP) is 4.14. The van der Waals surface area contributed by atoms with Gasteiger partial charge >= 0.3 is 0 Å². The van der Waals surface area contributed by atoms with Crippen LogP contribution in [0.2, 0.25) is 0 Å². The third-order valence-corrected chi connectivity index (χ3v) is 11.9. The highest BCUT2D eigenvalue weighted by atomic mass is 16.5. The summed E-state index contributed by atoms with van der Waals surface area (Å²) < 4.78 is 6.48. The van der Waals surface area contributed by atoms with E-state index in [0.29, 0.717) is 6.04 Å². The van der Waals surface area contributed by atoms with Crippen LogP contribution in [0, 0.1) is 22.7 Å². The fourth-order valence-corrected chi connectivity index (χ4v) is 9.32. The first kappa shape index (κ1) is 24.7. The van der Waals surface area contributed by atoms with E-state index in [9.17, 15) is 15.0 Å². The van der Waals surface area contributed by atoms with E-state index in [0.717, 1.165) is 68.7 Å². The summed E-state index contributed by atoms with van der Waals surface area (Å²) in [6, 6.07) is 4.13. The SMILES string of the molecule is CO[C@@]12CC[C@]3(C[C@H]1C(C)(O)C(C)(C)C)[C@@H]1Cc4ccc(C(N)=O)c(O)c4[C@]3(CCN1CC1CC1)C2. The summed E-state index contributed by atoms with van der Waals surface area (Å²) in [5.41, 5.74) is 5.98. The Bertz CT molecular complexity index is 1100. The largest absolute Gasteiger partial charge is 0.507 e. The van der Waals surface area contributed by atoms with Crippen molar-refractivity contribution >= 4 is 5.91 Å². The molecule has 1 heterocycles. The number of rotatable bonds is 5. The lowest BCUT2D eigenvalue weighted by atomic mass is 9.33. The van der Waals surface area contributed by atoms with Crippen molar-refractivity contribution < 1.29 is 19.7 Å². The molecule has 1 amide bonds. The highest BCUT2D eigenvalue weighted by molar-refractivity contribution is 5.96. The van der Waals surface area contributed by atoms with E-state index in [-0.39, 0.29) is 33.5 Å². The number of carbonyl (C=O) groups excluding carboxylic acids is 1. The second kappa shape index (κ2) is 7.48. The number of likely N-dealkylation sites (tertiary alicyclic amines) is 1. The molecule has 0 radical (unpaired) electrons. The molecule has 1 unspecified atom stereocenters. The van der Waals surface area contributed by atoms with Gasteiger partial charge in [-0.3, -0.25) is 9.69 Å². The number of piperidine rings is 1. The van der Waals surface area contributed by atoms with Gasteiger partial charge in [-0.2, -0.15) is 0 Å². The van der Waals surface area contributed by atoms with Crippen LogP contribution in [0.3, 0.4) is 0 Å². The summed E-state index contributed by atoms with van der Waals surface area (Å²) in [4.78, 5) is 15.0. The summed E-state index contributed by atoms with van der Waals surface area (Å²) in [5, 5.41) is 23.7. The van der Waals surface area contributed by atoms with E-state index in [2.05, 4.69) is 25.7 Å². The smallest absolute Gasteiger partial charge is 0.252 e. The number of hydrogen-bond donors (Lipinski definition) is 3. The number of fused-ring (bicyclic) bond motifs is 3. The Morgan fingerprint density at radius 3 is 2.53 bits per heavy atom. The van der Waals surface area contributed by atoms with Crippen LogP contribution in [0.1, 0.15) is 94.1 Å². The minimum absolute atomic E-state index is 0.0109. The van der Waals surface area contributed by atoms with Gasteiger partial charge in [-0.1, -0.05) is 26.8 Å². The topological polar surface area (TPSA) is 96.0 Å². The maximum atomic E-state index is 12.3. The predicted molar refractivity (Wildman–Crippen MR) is 139 cm³/mol. The number of primary amides is 1. The fourth-order valence-electron chi connectivity index (χ4n) is 9.32. The molecule has 1 saturated heterocycles. The van der Waals surface area contributed by atoms with Crippen LogP contribution in [0.4, 0.5) is 0 Å². The van der Waals surface area contributed by atoms with Crippen molar-refractivity contribution in [3.05, 3.63) is 28.8 Å². The zero-order valence-electron chi connectivity index (χ0n) is 22.7. The van der Waals surface area contributed by atoms with Gasteiger partial charge in [0.2, 0.25) is 0 Å². The molecule has 4 N–H and O–H groups in total. The third kappa shape index (κ3) is 2.98. The molecule has 6 heteroatoms. The van der Waals surface area contributed by atoms with E-state index < -0.39 is 17.1 Å². The molecule has 198 valence electrons. The van der Waals surface area contributed by atoms with Gasteiger partial charge < -0.3 is 20.7 Å². The molecule has 0 aromatic heterocycles. The zero-order valence-corrected chi connectivity index (χ0v) is 22.7. The lowest BCUT2D eigenvalue weighted by molar-refractivity contribution is -0.282. The summed E-state index contributed by atoms with van der Waals surface area (Å²) >= 11 is 0. The Balaban J connectivity index is 1.57. The number of nitrogens with two attached hydrogens (primary N) is 1. The lowest BCUT2D eigenvalue weighted by Gasteiger charge is -2.75.